The van der Waals surface area contributed by atoms with Crippen molar-refractivity contribution < 1.29 is 8.83 Å². The fourth-order valence-corrected chi connectivity index (χ4v) is 12.6. The molecule has 0 radical (unpaired) electrons. The molecule has 11 aromatic carbocycles. The zero-order valence-electron chi connectivity index (χ0n) is 40.6. The lowest BCUT2D eigenvalue weighted by atomic mass is 9.96. The van der Waals surface area contributed by atoms with E-state index in [2.05, 4.69) is 193 Å². The number of aromatic nitrogens is 4. The quantitative estimate of drug-likeness (QED) is 0.159. The average Bonchev–Trinajstić information content (AvgIpc) is 4.29. The van der Waals surface area contributed by atoms with Crippen LogP contribution in [0.25, 0.3) is 159 Å². The number of furan rings is 2. The molecule has 7 heteroatoms. The molecule has 0 saturated carbocycles. The van der Waals surface area contributed by atoms with Gasteiger partial charge in [-0.3, -0.25) is 0 Å². The number of fused-ring (bicyclic) bond motifs is 12. The summed E-state index contributed by atoms with van der Waals surface area (Å²) >= 11 is 1.84. The molecule has 0 aliphatic rings. The molecule has 16 aromatic rings. The SMILES string of the molecule is c1ccc(-c2ccc3c(c2)oc2cc(-c4nc(-c5ccccc5)nc(-c5cccc6oc7ccc(-c8ccc9sc%10cccc(-c%11ccc%12c(c%11)c%11ccccc%11n%12-c%11ccccc%11)c%10c9c8)cc7c56)n4)ccc23)cc1. The van der Waals surface area contributed by atoms with Gasteiger partial charge in [-0.25, -0.2) is 15.0 Å². The number of thiophene rings is 1. The minimum absolute atomic E-state index is 0.552. The minimum Gasteiger partial charge on any atom is -0.456 e. The summed E-state index contributed by atoms with van der Waals surface area (Å²) in [6.45, 7) is 0. The number of hydrogen-bond donors (Lipinski definition) is 0. The second-order valence-corrected chi connectivity index (χ2v) is 20.5. The van der Waals surface area contributed by atoms with Gasteiger partial charge in [0.15, 0.2) is 17.5 Å². The predicted octanol–water partition coefficient (Wildman–Crippen LogP) is 19.1. The molecule has 5 aromatic heterocycles. The number of rotatable bonds is 7. The molecule has 0 aliphatic carbocycles. The Morgan fingerprint density at radius 2 is 0.868 bits per heavy atom. The van der Waals surface area contributed by atoms with Crippen LogP contribution in [0.15, 0.2) is 251 Å². The van der Waals surface area contributed by atoms with Crippen molar-refractivity contribution in [1.29, 1.82) is 0 Å². The Kier molecular flexibility index (Phi) is 9.40. The molecule has 0 amide bonds. The van der Waals surface area contributed by atoms with Gasteiger partial charge in [0.1, 0.15) is 22.3 Å². The Morgan fingerprint density at radius 1 is 0.289 bits per heavy atom. The van der Waals surface area contributed by atoms with Gasteiger partial charge in [-0.15, -0.1) is 11.3 Å². The predicted molar refractivity (Wildman–Crippen MR) is 314 cm³/mol. The first-order valence-corrected chi connectivity index (χ1v) is 26.3. The van der Waals surface area contributed by atoms with Gasteiger partial charge in [0.2, 0.25) is 0 Å². The van der Waals surface area contributed by atoms with E-state index in [1.54, 1.807) is 0 Å². The third kappa shape index (κ3) is 6.76. The summed E-state index contributed by atoms with van der Waals surface area (Å²) in [4.78, 5) is 15.6. The van der Waals surface area contributed by atoms with Crippen LogP contribution in [-0.4, -0.2) is 19.5 Å². The van der Waals surface area contributed by atoms with Crippen molar-refractivity contribution in [3.63, 3.8) is 0 Å². The number of hydrogen-bond acceptors (Lipinski definition) is 6. The highest BCUT2D eigenvalue weighted by atomic mass is 32.1. The lowest BCUT2D eigenvalue weighted by molar-refractivity contribution is 0.668. The van der Waals surface area contributed by atoms with E-state index in [1.165, 1.54) is 53.1 Å². The van der Waals surface area contributed by atoms with Crippen molar-refractivity contribution in [3.05, 3.63) is 243 Å². The molecule has 76 heavy (non-hydrogen) atoms. The molecule has 5 heterocycles. The Balaban J connectivity index is 0.816. The highest BCUT2D eigenvalue weighted by Gasteiger charge is 2.21. The summed E-state index contributed by atoms with van der Waals surface area (Å²) in [5, 5.41) is 9.02. The molecule has 0 aliphatic heterocycles. The van der Waals surface area contributed by atoms with Crippen molar-refractivity contribution in [2.45, 2.75) is 0 Å². The molecule has 0 unspecified atom stereocenters. The highest BCUT2D eigenvalue weighted by Crippen LogP contribution is 2.45. The van der Waals surface area contributed by atoms with E-state index in [-0.39, 0.29) is 0 Å². The molecule has 0 fully saturated rings. The molecule has 354 valence electrons. The summed E-state index contributed by atoms with van der Waals surface area (Å²) in [5.41, 5.74) is 16.2. The van der Waals surface area contributed by atoms with Crippen molar-refractivity contribution >= 4 is 97.2 Å². The van der Waals surface area contributed by atoms with Crippen molar-refractivity contribution in [3.8, 4) is 73.2 Å². The monoisotopic (exact) mass is 988 g/mol. The van der Waals surface area contributed by atoms with Crippen LogP contribution in [-0.2, 0) is 0 Å². The first kappa shape index (κ1) is 42.5. The smallest absolute Gasteiger partial charge is 0.164 e. The van der Waals surface area contributed by atoms with Crippen molar-refractivity contribution in [1.82, 2.24) is 19.5 Å². The fraction of sp³-hybridized carbons (Fsp3) is 0. The second kappa shape index (κ2) is 16.8. The van der Waals surface area contributed by atoms with E-state index < -0.39 is 0 Å². The summed E-state index contributed by atoms with van der Waals surface area (Å²) in [5.74, 6) is 1.69. The molecular formula is C69H40N4O2S. The standard InChI is InChI=1S/C69H40N4O2S/c1-4-14-41(15-5-1)45-26-31-51-52-32-27-47(40-62(52)75-61(51)39-45)68-70-67(42-16-6-2-7-17-42)71-69(72-68)53-22-12-24-60-65(53)55-36-43(29-34-59(55)74-60)44-30-35-63-56(37-44)66-49(21-13-25-64(66)76-63)46-28-33-58-54(38-46)50-20-10-11-23-57(50)73(58)48-18-8-3-9-19-48/h1-40H. The Morgan fingerprint density at radius 3 is 1.68 bits per heavy atom. The maximum Gasteiger partial charge on any atom is 0.164 e. The summed E-state index contributed by atoms with van der Waals surface area (Å²) in [6, 6.07) is 85.8. The van der Waals surface area contributed by atoms with Crippen LogP contribution in [0.4, 0.5) is 0 Å². The molecule has 0 bridgehead atoms. The van der Waals surface area contributed by atoms with Gasteiger partial charge in [-0.05, 0) is 124 Å². The van der Waals surface area contributed by atoms with Crippen LogP contribution < -0.4 is 0 Å². The van der Waals surface area contributed by atoms with Crippen molar-refractivity contribution in [2.24, 2.45) is 0 Å². The molecule has 0 saturated heterocycles. The Hall–Kier alpha value is -9.95. The number of benzene rings is 11. The summed E-state index contributed by atoms with van der Waals surface area (Å²) in [7, 11) is 0. The molecule has 6 nitrogen and oxygen atoms in total. The van der Waals surface area contributed by atoms with Crippen LogP contribution >= 0.6 is 11.3 Å². The Labute approximate surface area is 439 Å². The maximum absolute atomic E-state index is 6.63. The van der Waals surface area contributed by atoms with Gasteiger partial charge in [0, 0.05) is 74.9 Å². The van der Waals surface area contributed by atoms with Gasteiger partial charge >= 0.3 is 0 Å². The Bertz CT molecular complexity index is 4990. The van der Waals surface area contributed by atoms with E-state index in [0.717, 1.165) is 88.5 Å². The normalized spacial score (nSPS) is 11.9. The van der Waals surface area contributed by atoms with Crippen LogP contribution in [0.2, 0.25) is 0 Å². The van der Waals surface area contributed by atoms with Crippen LogP contribution in [0.5, 0.6) is 0 Å². The lowest BCUT2D eigenvalue weighted by Gasteiger charge is -2.10. The van der Waals surface area contributed by atoms with Gasteiger partial charge in [0.25, 0.3) is 0 Å². The first-order valence-electron chi connectivity index (χ1n) is 25.5. The summed E-state index contributed by atoms with van der Waals surface area (Å²) in [6.07, 6.45) is 0. The number of nitrogens with zero attached hydrogens (tertiary/aromatic N) is 4. The second-order valence-electron chi connectivity index (χ2n) is 19.5. The van der Waals surface area contributed by atoms with Gasteiger partial charge < -0.3 is 13.4 Å². The van der Waals surface area contributed by atoms with Gasteiger partial charge in [-0.2, -0.15) is 0 Å². The summed E-state index contributed by atoms with van der Waals surface area (Å²) < 4.78 is 18.1. The fourth-order valence-electron chi connectivity index (χ4n) is 11.5. The van der Waals surface area contributed by atoms with E-state index in [4.69, 9.17) is 23.8 Å². The van der Waals surface area contributed by atoms with Gasteiger partial charge in [0.05, 0.1) is 11.0 Å². The van der Waals surface area contributed by atoms with Crippen molar-refractivity contribution in [2.75, 3.05) is 0 Å². The molecular weight excluding hydrogens is 949 g/mol. The van der Waals surface area contributed by atoms with E-state index >= 15 is 0 Å². The van der Waals surface area contributed by atoms with Crippen LogP contribution in [0.3, 0.4) is 0 Å². The molecule has 0 atom stereocenters. The third-order valence-corrected chi connectivity index (χ3v) is 16.2. The zero-order chi connectivity index (χ0) is 49.8. The largest absolute Gasteiger partial charge is 0.456 e. The van der Waals surface area contributed by atoms with Gasteiger partial charge in [-0.1, -0.05) is 152 Å². The highest BCUT2D eigenvalue weighted by molar-refractivity contribution is 7.26. The van der Waals surface area contributed by atoms with E-state index in [9.17, 15) is 0 Å². The first-order chi connectivity index (χ1) is 37.6. The molecule has 0 spiro atoms. The topological polar surface area (TPSA) is 69.9 Å². The third-order valence-electron chi connectivity index (χ3n) is 15.1. The van der Waals surface area contributed by atoms with E-state index in [0.29, 0.717) is 17.5 Å². The lowest BCUT2D eigenvalue weighted by Crippen LogP contribution is -2.00. The van der Waals surface area contributed by atoms with Crippen LogP contribution in [0, 0.1) is 0 Å². The minimum atomic E-state index is 0.552. The molecule has 16 rings (SSSR count). The van der Waals surface area contributed by atoms with Crippen LogP contribution in [0.1, 0.15) is 0 Å². The van der Waals surface area contributed by atoms with E-state index in [1.807, 2.05) is 65.9 Å². The number of para-hydroxylation sites is 2. The zero-order valence-corrected chi connectivity index (χ0v) is 41.4. The molecule has 0 N–H and O–H groups in total. The average molecular weight is 989 g/mol. The maximum atomic E-state index is 6.63.